The zero-order valence-corrected chi connectivity index (χ0v) is 11.1. The number of hydrogen-bond donors (Lipinski definition) is 1. The molecule has 0 aliphatic heterocycles. The van der Waals surface area contributed by atoms with Crippen LogP contribution >= 0.6 is 23.2 Å². The van der Waals surface area contributed by atoms with Crippen LogP contribution in [0, 0.1) is 0 Å². The largest absolute Gasteiger partial charge is 0.472 e. The highest BCUT2D eigenvalue weighted by molar-refractivity contribution is 6.42. The van der Waals surface area contributed by atoms with E-state index < -0.39 is 0 Å². The van der Waals surface area contributed by atoms with Crippen LogP contribution in [0.15, 0.2) is 24.5 Å². The number of nitrogens with two attached hydrogens (primary N) is 1. The van der Waals surface area contributed by atoms with Gasteiger partial charge in [-0.2, -0.15) is 0 Å². The first-order valence-electron chi connectivity index (χ1n) is 5.24. The van der Waals surface area contributed by atoms with E-state index in [0.717, 1.165) is 5.56 Å². The van der Waals surface area contributed by atoms with E-state index in [9.17, 15) is 4.79 Å². The van der Waals surface area contributed by atoms with Gasteiger partial charge in [-0.15, -0.1) is 0 Å². The van der Waals surface area contributed by atoms with Gasteiger partial charge in [-0.25, -0.2) is 9.97 Å². The first kappa shape index (κ1) is 13.6. The Balaban J connectivity index is 2.16. The van der Waals surface area contributed by atoms with Crippen LogP contribution in [0.1, 0.15) is 15.9 Å². The monoisotopic (exact) mass is 297 g/mol. The fourth-order valence-electron chi connectivity index (χ4n) is 1.40. The summed E-state index contributed by atoms with van der Waals surface area (Å²) in [6.07, 6.45) is 1.78. The van der Waals surface area contributed by atoms with Gasteiger partial charge in [0.15, 0.2) is 6.29 Å². The van der Waals surface area contributed by atoms with E-state index in [1.807, 2.05) is 0 Å². The minimum absolute atomic E-state index is 0.0779. The molecule has 5 nitrogen and oxygen atoms in total. The SMILES string of the molecule is Nc1ncnc(OCc2ccc(Cl)c(Cl)c2)c1C=O. The number of hydrogen-bond acceptors (Lipinski definition) is 5. The minimum Gasteiger partial charge on any atom is -0.472 e. The molecule has 98 valence electrons. The van der Waals surface area contributed by atoms with E-state index in [0.29, 0.717) is 16.3 Å². The molecule has 0 saturated heterocycles. The molecule has 0 radical (unpaired) electrons. The summed E-state index contributed by atoms with van der Waals surface area (Å²) in [5.41, 5.74) is 6.47. The quantitative estimate of drug-likeness (QED) is 0.878. The van der Waals surface area contributed by atoms with E-state index in [4.69, 9.17) is 33.7 Å². The summed E-state index contributed by atoms with van der Waals surface area (Å²) in [5.74, 6) is 0.211. The first-order chi connectivity index (χ1) is 9.11. The number of nitrogen functional groups attached to an aromatic ring is 1. The maximum atomic E-state index is 10.9. The Kier molecular flexibility index (Phi) is 4.19. The second-order valence-electron chi connectivity index (χ2n) is 3.63. The number of aromatic nitrogens is 2. The summed E-state index contributed by atoms with van der Waals surface area (Å²) in [4.78, 5) is 18.4. The van der Waals surface area contributed by atoms with Crippen LogP contribution in [0.3, 0.4) is 0 Å². The number of anilines is 1. The minimum atomic E-state index is 0.0779. The summed E-state index contributed by atoms with van der Waals surface area (Å²) in [6, 6.07) is 5.10. The molecule has 0 fully saturated rings. The molecule has 19 heavy (non-hydrogen) atoms. The maximum Gasteiger partial charge on any atom is 0.229 e. The number of nitrogens with zero attached hydrogens (tertiary/aromatic N) is 2. The summed E-state index contributed by atoms with van der Waals surface area (Å²) in [6.45, 7) is 0.189. The van der Waals surface area contributed by atoms with Crippen molar-refractivity contribution in [3.63, 3.8) is 0 Å². The number of aldehydes is 1. The molecule has 2 rings (SSSR count). The Morgan fingerprint density at radius 3 is 2.74 bits per heavy atom. The fourth-order valence-corrected chi connectivity index (χ4v) is 1.72. The third-order valence-corrected chi connectivity index (χ3v) is 3.09. The van der Waals surface area contributed by atoms with E-state index in [1.165, 1.54) is 6.33 Å². The van der Waals surface area contributed by atoms with Crippen molar-refractivity contribution < 1.29 is 9.53 Å². The maximum absolute atomic E-state index is 10.9. The average Bonchev–Trinajstić information content (AvgIpc) is 2.40. The smallest absolute Gasteiger partial charge is 0.229 e. The molecule has 0 bridgehead atoms. The third-order valence-electron chi connectivity index (χ3n) is 2.36. The molecule has 0 aliphatic carbocycles. The molecule has 0 unspecified atom stereocenters. The second kappa shape index (κ2) is 5.86. The summed E-state index contributed by atoms with van der Waals surface area (Å²) >= 11 is 11.7. The van der Waals surface area contributed by atoms with E-state index in [2.05, 4.69) is 9.97 Å². The molecule has 0 amide bonds. The summed E-state index contributed by atoms with van der Waals surface area (Å²) in [7, 11) is 0. The summed E-state index contributed by atoms with van der Waals surface area (Å²) < 4.78 is 5.43. The molecule has 2 aromatic rings. The van der Waals surface area contributed by atoms with Crippen LogP contribution in [0.2, 0.25) is 10.0 Å². The van der Waals surface area contributed by atoms with Crippen molar-refractivity contribution in [2.24, 2.45) is 0 Å². The van der Waals surface area contributed by atoms with Gasteiger partial charge in [0.05, 0.1) is 10.0 Å². The highest BCUT2D eigenvalue weighted by atomic mass is 35.5. The Hall–Kier alpha value is -1.85. The molecule has 7 heteroatoms. The summed E-state index contributed by atoms with van der Waals surface area (Å²) in [5, 5.41) is 0.894. The average molecular weight is 298 g/mol. The van der Waals surface area contributed by atoms with Gasteiger partial charge >= 0.3 is 0 Å². The van der Waals surface area contributed by atoms with Gasteiger partial charge in [0.25, 0.3) is 0 Å². The zero-order valence-electron chi connectivity index (χ0n) is 9.64. The van der Waals surface area contributed by atoms with Crippen LogP contribution in [0.25, 0.3) is 0 Å². The molecule has 0 atom stereocenters. The lowest BCUT2D eigenvalue weighted by molar-refractivity contribution is 0.111. The van der Waals surface area contributed by atoms with Crippen molar-refractivity contribution >= 4 is 35.3 Å². The van der Waals surface area contributed by atoms with Crippen molar-refractivity contribution in [1.29, 1.82) is 0 Å². The van der Waals surface area contributed by atoms with Crippen molar-refractivity contribution in [3.8, 4) is 5.88 Å². The van der Waals surface area contributed by atoms with Crippen molar-refractivity contribution in [2.45, 2.75) is 6.61 Å². The van der Waals surface area contributed by atoms with E-state index >= 15 is 0 Å². The fraction of sp³-hybridized carbons (Fsp3) is 0.0833. The Labute approximate surface area is 119 Å². The Bertz CT molecular complexity index is 620. The normalized spacial score (nSPS) is 10.2. The Morgan fingerprint density at radius 1 is 1.26 bits per heavy atom. The van der Waals surface area contributed by atoms with Gasteiger partial charge in [-0.3, -0.25) is 4.79 Å². The number of carbonyl (C=O) groups excluding carboxylic acids is 1. The molecule has 0 saturated carbocycles. The van der Waals surface area contributed by atoms with Crippen molar-refractivity contribution in [3.05, 3.63) is 45.7 Å². The first-order valence-corrected chi connectivity index (χ1v) is 5.99. The number of benzene rings is 1. The molecule has 1 heterocycles. The van der Waals surface area contributed by atoms with E-state index in [-0.39, 0.29) is 23.9 Å². The van der Waals surface area contributed by atoms with Gasteiger partial charge in [-0.05, 0) is 17.7 Å². The van der Waals surface area contributed by atoms with Crippen LogP contribution in [0.5, 0.6) is 5.88 Å². The van der Waals surface area contributed by atoms with Gasteiger partial charge in [-0.1, -0.05) is 29.3 Å². The van der Waals surface area contributed by atoms with Gasteiger partial charge in [0.2, 0.25) is 5.88 Å². The van der Waals surface area contributed by atoms with Crippen LogP contribution in [0.4, 0.5) is 5.82 Å². The number of halogens is 2. The van der Waals surface area contributed by atoms with Crippen molar-refractivity contribution in [1.82, 2.24) is 9.97 Å². The number of ether oxygens (including phenoxy) is 1. The third kappa shape index (κ3) is 3.13. The lowest BCUT2D eigenvalue weighted by Crippen LogP contribution is -2.05. The van der Waals surface area contributed by atoms with Crippen molar-refractivity contribution in [2.75, 3.05) is 5.73 Å². The van der Waals surface area contributed by atoms with Crippen LogP contribution < -0.4 is 10.5 Å². The molecule has 2 N–H and O–H groups in total. The van der Waals surface area contributed by atoms with Crippen LogP contribution in [-0.4, -0.2) is 16.3 Å². The molecule has 1 aromatic carbocycles. The van der Waals surface area contributed by atoms with Crippen LogP contribution in [-0.2, 0) is 6.61 Å². The molecular weight excluding hydrogens is 289 g/mol. The predicted molar refractivity (Wildman–Crippen MR) is 72.6 cm³/mol. The van der Waals surface area contributed by atoms with E-state index in [1.54, 1.807) is 18.2 Å². The lowest BCUT2D eigenvalue weighted by Gasteiger charge is -2.08. The highest BCUT2D eigenvalue weighted by Gasteiger charge is 2.10. The molecule has 0 spiro atoms. The standard InChI is InChI=1S/C12H9Cl2N3O2/c13-9-2-1-7(3-10(9)14)5-19-12-8(4-18)11(15)16-6-17-12/h1-4,6H,5H2,(H2,15,16,17). The number of carbonyl (C=O) groups is 1. The molecule has 0 aliphatic rings. The Morgan fingerprint density at radius 2 is 2.05 bits per heavy atom. The predicted octanol–water partition coefficient (Wildman–Crippen LogP) is 2.76. The molecular formula is C12H9Cl2N3O2. The lowest BCUT2D eigenvalue weighted by atomic mass is 10.2. The zero-order chi connectivity index (χ0) is 13.8. The second-order valence-corrected chi connectivity index (χ2v) is 4.45. The van der Waals surface area contributed by atoms with Gasteiger partial charge in [0.1, 0.15) is 24.3 Å². The molecule has 1 aromatic heterocycles. The highest BCUT2D eigenvalue weighted by Crippen LogP contribution is 2.24. The topological polar surface area (TPSA) is 78.1 Å². The number of rotatable bonds is 4. The van der Waals surface area contributed by atoms with Gasteiger partial charge in [0, 0.05) is 0 Å². The van der Waals surface area contributed by atoms with Gasteiger partial charge < -0.3 is 10.5 Å².